The zero-order chi connectivity index (χ0) is 15.8. The van der Waals surface area contributed by atoms with Crippen molar-refractivity contribution in [2.45, 2.75) is 32.3 Å². The predicted octanol–water partition coefficient (Wildman–Crippen LogP) is 4.15. The van der Waals surface area contributed by atoms with Gasteiger partial charge in [0, 0.05) is 0 Å². The third-order valence-electron chi connectivity index (χ3n) is 3.58. The zero-order valence-corrected chi connectivity index (χ0v) is 13.3. The Morgan fingerprint density at radius 1 is 1.05 bits per heavy atom. The molecule has 0 spiro atoms. The fourth-order valence-corrected chi connectivity index (χ4v) is 2.35. The van der Waals surface area contributed by atoms with Crippen LogP contribution in [-0.4, -0.2) is 18.8 Å². The molecule has 2 aromatic rings. The summed E-state index contributed by atoms with van der Waals surface area (Å²) in [6.07, 6.45) is 2.00. The molecule has 1 N–H and O–H groups in total. The number of aliphatic hydroxyl groups is 1. The summed E-state index contributed by atoms with van der Waals surface area (Å²) in [6.45, 7) is 2.75. The summed E-state index contributed by atoms with van der Waals surface area (Å²) >= 11 is 0. The second-order valence-corrected chi connectivity index (χ2v) is 5.30. The predicted molar refractivity (Wildman–Crippen MR) is 88.5 cm³/mol. The standard InChI is InChI=1S/C19H24O3/c1-3-13-22-19-14-15(10-12-18(19)21-2)9-11-17(20)16-7-5-4-6-8-16/h4-8,10,12,14,17,20H,3,9,11,13H2,1-2H3. The Bertz CT molecular complexity index is 566. The molecule has 0 heterocycles. The van der Waals surface area contributed by atoms with E-state index in [1.807, 2.05) is 48.5 Å². The van der Waals surface area contributed by atoms with E-state index in [0.29, 0.717) is 13.0 Å². The monoisotopic (exact) mass is 300 g/mol. The second-order valence-electron chi connectivity index (χ2n) is 5.30. The highest BCUT2D eigenvalue weighted by atomic mass is 16.5. The van der Waals surface area contributed by atoms with E-state index in [-0.39, 0.29) is 0 Å². The first-order valence-corrected chi connectivity index (χ1v) is 7.77. The maximum absolute atomic E-state index is 10.2. The van der Waals surface area contributed by atoms with Crippen molar-refractivity contribution in [3.05, 3.63) is 59.7 Å². The summed E-state index contributed by atoms with van der Waals surface area (Å²) in [5, 5.41) is 10.2. The van der Waals surface area contributed by atoms with Crippen molar-refractivity contribution < 1.29 is 14.6 Å². The molecule has 0 amide bonds. The number of ether oxygens (including phenoxy) is 2. The van der Waals surface area contributed by atoms with Gasteiger partial charge in [-0.25, -0.2) is 0 Å². The molecule has 0 aromatic heterocycles. The Kier molecular flexibility index (Phi) is 6.28. The maximum atomic E-state index is 10.2. The summed E-state index contributed by atoms with van der Waals surface area (Å²) in [5.74, 6) is 1.52. The SMILES string of the molecule is CCCOc1cc(CCC(O)c2ccccc2)ccc1OC. The minimum atomic E-state index is -0.441. The van der Waals surface area contributed by atoms with Crippen LogP contribution >= 0.6 is 0 Å². The fraction of sp³-hybridized carbons (Fsp3) is 0.368. The topological polar surface area (TPSA) is 38.7 Å². The fourth-order valence-electron chi connectivity index (χ4n) is 2.35. The second kappa shape index (κ2) is 8.44. The van der Waals surface area contributed by atoms with Crippen molar-refractivity contribution in [2.75, 3.05) is 13.7 Å². The number of aryl methyl sites for hydroxylation is 1. The molecule has 1 atom stereocenters. The number of hydrogen-bond acceptors (Lipinski definition) is 3. The lowest BCUT2D eigenvalue weighted by Gasteiger charge is -2.14. The van der Waals surface area contributed by atoms with Gasteiger partial charge >= 0.3 is 0 Å². The van der Waals surface area contributed by atoms with E-state index >= 15 is 0 Å². The van der Waals surface area contributed by atoms with E-state index in [1.165, 1.54) is 0 Å². The summed E-state index contributed by atoms with van der Waals surface area (Å²) in [5.41, 5.74) is 2.10. The van der Waals surface area contributed by atoms with E-state index in [0.717, 1.165) is 35.5 Å². The molecule has 1 unspecified atom stereocenters. The molecule has 0 bridgehead atoms. The van der Waals surface area contributed by atoms with E-state index in [2.05, 4.69) is 6.92 Å². The van der Waals surface area contributed by atoms with Crippen molar-refractivity contribution in [1.29, 1.82) is 0 Å². The molecule has 0 aliphatic rings. The Labute approximate surface area is 132 Å². The van der Waals surface area contributed by atoms with Crippen molar-refractivity contribution in [1.82, 2.24) is 0 Å². The highest BCUT2D eigenvalue weighted by Gasteiger charge is 2.09. The van der Waals surface area contributed by atoms with Gasteiger partial charge in [0.2, 0.25) is 0 Å². The maximum Gasteiger partial charge on any atom is 0.161 e. The van der Waals surface area contributed by atoms with Gasteiger partial charge in [0.05, 0.1) is 19.8 Å². The van der Waals surface area contributed by atoms with Crippen LogP contribution in [0.3, 0.4) is 0 Å². The molecule has 118 valence electrons. The number of benzene rings is 2. The minimum Gasteiger partial charge on any atom is -0.493 e. The van der Waals surface area contributed by atoms with Crippen LogP contribution < -0.4 is 9.47 Å². The molecule has 22 heavy (non-hydrogen) atoms. The van der Waals surface area contributed by atoms with Crippen LogP contribution in [0, 0.1) is 0 Å². The van der Waals surface area contributed by atoms with E-state index < -0.39 is 6.10 Å². The van der Waals surface area contributed by atoms with Crippen LogP contribution in [0.5, 0.6) is 11.5 Å². The van der Waals surface area contributed by atoms with Crippen molar-refractivity contribution in [2.24, 2.45) is 0 Å². The van der Waals surface area contributed by atoms with Gasteiger partial charge in [-0.3, -0.25) is 0 Å². The van der Waals surface area contributed by atoms with Gasteiger partial charge in [-0.05, 0) is 42.5 Å². The van der Waals surface area contributed by atoms with E-state index in [4.69, 9.17) is 9.47 Å². The van der Waals surface area contributed by atoms with Gasteiger partial charge in [0.15, 0.2) is 11.5 Å². The van der Waals surface area contributed by atoms with Gasteiger partial charge < -0.3 is 14.6 Å². The first-order chi connectivity index (χ1) is 10.7. The molecule has 2 aromatic carbocycles. The molecule has 0 radical (unpaired) electrons. The number of aliphatic hydroxyl groups excluding tert-OH is 1. The van der Waals surface area contributed by atoms with Gasteiger partial charge in [-0.2, -0.15) is 0 Å². The number of rotatable bonds is 8. The average molecular weight is 300 g/mol. The molecule has 0 saturated carbocycles. The Morgan fingerprint density at radius 3 is 2.50 bits per heavy atom. The summed E-state index contributed by atoms with van der Waals surface area (Å²) < 4.78 is 11.0. The highest BCUT2D eigenvalue weighted by Crippen LogP contribution is 2.29. The normalized spacial score (nSPS) is 12.0. The Balaban J connectivity index is 2.00. The molecule has 0 fully saturated rings. The van der Waals surface area contributed by atoms with Gasteiger partial charge in [0.25, 0.3) is 0 Å². The smallest absolute Gasteiger partial charge is 0.161 e. The van der Waals surface area contributed by atoms with E-state index in [9.17, 15) is 5.11 Å². The Hall–Kier alpha value is -2.00. The van der Waals surface area contributed by atoms with Gasteiger partial charge in [0.1, 0.15) is 0 Å². The molecule has 0 aliphatic heterocycles. The molecule has 0 aliphatic carbocycles. The van der Waals surface area contributed by atoms with Crippen LogP contribution in [0.25, 0.3) is 0 Å². The van der Waals surface area contributed by atoms with E-state index in [1.54, 1.807) is 7.11 Å². The lowest BCUT2D eigenvalue weighted by atomic mass is 10.0. The lowest BCUT2D eigenvalue weighted by Crippen LogP contribution is -2.01. The first kappa shape index (κ1) is 16.4. The van der Waals surface area contributed by atoms with Crippen molar-refractivity contribution in [3.63, 3.8) is 0 Å². The molecule has 0 saturated heterocycles. The van der Waals surface area contributed by atoms with Crippen LogP contribution in [0.4, 0.5) is 0 Å². The molecule has 2 rings (SSSR count). The largest absolute Gasteiger partial charge is 0.493 e. The van der Waals surface area contributed by atoms with Crippen molar-refractivity contribution in [3.8, 4) is 11.5 Å². The van der Waals surface area contributed by atoms with Gasteiger partial charge in [-0.15, -0.1) is 0 Å². The molecule has 3 heteroatoms. The van der Waals surface area contributed by atoms with Crippen LogP contribution in [0.1, 0.15) is 37.0 Å². The summed E-state index contributed by atoms with van der Waals surface area (Å²) in [6, 6.07) is 15.7. The molecular formula is C19H24O3. The first-order valence-electron chi connectivity index (χ1n) is 7.77. The third kappa shape index (κ3) is 4.50. The minimum absolute atomic E-state index is 0.441. The average Bonchev–Trinajstić information content (AvgIpc) is 2.58. The summed E-state index contributed by atoms with van der Waals surface area (Å²) in [4.78, 5) is 0. The quantitative estimate of drug-likeness (QED) is 0.796. The van der Waals surface area contributed by atoms with Gasteiger partial charge in [-0.1, -0.05) is 43.3 Å². The van der Waals surface area contributed by atoms with Crippen LogP contribution in [0.2, 0.25) is 0 Å². The summed E-state index contributed by atoms with van der Waals surface area (Å²) in [7, 11) is 1.65. The zero-order valence-electron chi connectivity index (χ0n) is 13.3. The number of methoxy groups -OCH3 is 1. The molecule has 3 nitrogen and oxygen atoms in total. The van der Waals surface area contributed by atoms with Crippen LogP contribution in [0.15, 0.2) is 48.5 Å². The van der Waals surface area contributed by atoms with Crippen molar-refractivity contribution >= 4 is 0 Å². The lowest BCUT2D eigenvalue weighted by molar-refractivity contribution is 0.168. The third-order valence-corrected chi connectivity index (χ3v) is 3.58. The van der Waals surface area contributed by atoms with Crippen LogP contribution in [-0.2, 0) is 6.42 Å². The Morgan fingerprint density at radius 2 is 1.82 bits per heavy atom. The highest BCUT2D eigenvalue weighted by molar-refractivity contribution is 5.43. The molecular weight excluding hydrogens is 276 g/mol. The number of hydrogen-bond donors (Lipinski definition) is 1.